The summed E-state index contributed by atoms with van der Waals surface area (Å²) < 4.78 is 0. The lowest BCUT2D eigenvalue weighted by molar-refractivity contribution is -0.689. The van der Waals surface area contributed by atoms with Gasteiger partial charge < -0.3 is 10.4 Å². The fraction of sp³-hybridized carbons (Fsp3) is 0.333. The van der Waals surface area contributed by atoms with Gasteiger partial charge in [0.1, 0.15) is 12.6 Å². The number of benzene rings is 2. The molecule has 2 heteroatoms. The molecule has 0 saturated carbocycles. The molecule has 0 fully saturated rings. The maximum absolute atomic E-state index is 10.1. The molecule has 17 heavy (non-hydrogen) atoms. The highest BCUT2D eigenvalue weighted by Gasteiger charge is 2.10. The zero-order valence-electron chi connectivity index (χ0n) is 10.4. The largest absolute Gasteiger partial charge is 0.382 e. The topological polar surface area (TPSA) is 36.8 Å². The molecule has 0 heterocycles. The van der Waals surface area contributed by atoms with Gasteiger partial charge in [0.2, 0.25) is 0 Å². The van der Waals surface area contributed by atoms with Crippen LogP contribution in [0.3, 0.4) is 0 Å². The van der Waals surface area contributed by atoms with Crippen LogP contribution in [-0.2, 0) is 0 Å². The lowest BCUT2D eigenvalue weighted by atomic mass is 10.0. The van der Waals surface area contributed by atoms with E-state index in [4.69, 9.17) is 0 Å². The van der Waals surface area contributed by atoms with Gasteiger partial charge in [-0.3, -0.25) is 0 Å². The van der Waals surface area contributed by atoms with Gasteiger partial charge >= 0.3 is 0 Å². The van der Waals surface area contributed by atoms with E-state index in [9.17, 15) is 5.11 Å². The maximum Gasteiger partial charge on any atom is 0.128 e. The fourth-order valence-electron chi connectivity index (χ4n) is 1.95. The minimum atomic E-state index is -0.387. The third-order valence-corrected chi connectivity index (χ3v) is 2.99. The number of nitrogens with two attached hydrogens (primary N) is 1. The standard InChI is InChI=1S/C15H19NO/c1-11(2)16-10-15(17)14-8-7-12-5-3-4-6-13(12)9-14/h3-9,11,15-17H,10H2,1-2H3/p+1/t15-/m0/s1. The molecule has 0 amide bonds. The number of quaternary nitrogens is 1. The van der Waals surface area contributed by atoms with Gasteiger partial charge in [0.05, 0.1) is 6.04 Å². The summed E-state index contributed by atoms with van der Waals surface area (Å²) in [5.41, 5.74) is 1.00. The summed E-state index contributed by atoms with van der Waals surface area (Å²) >= 11 is 0. The average molecular weight is 230 g/mol. The van der Waals surface area contributed by atoms with Gasteiger partial charge in [-0.2, -0.15) is 0 Å². The molecule has 0 spiro atoms. The SMILES string of the molecule is CC(C)[NH2+]C[C@H](O)c1ccc2ccccc2c1. The van der Waals surface area contributed by atoms with E-state index in [1.165, 1.54) is 10.8 Å². The van der Waals surface area contributed by atoms with E-state index in [1.807, 2.05) is 18.2 Å². The minimum absolute atomic E-state index is 0.387. The summed E-state index contributed by atoms with van der Waals surface area (Å²) in [5.74, 6) is 0. The highest BCUT2D eigenvalue weighted by atomic mass is 16.3. The zero-order chi connectivity index (χ0) is 12.3. The molecule has 0 aliphatic heterocycles. The van der Waals surface area contributed by atoms with Crippen LogP contribution >= 0.6 is 0 Å². The van der Waals surface area contributed by atoms with Crippen molar-refractivity contribution in [2.24, 2.45) is 0 Å². The lowest BCUT2D eigenvalue weighted by Crippen LogP contribution is -2.89. The molecule has 0 bridgehead atoms. The first-order valence-corrected chi connectivity index (χ1v) is 6.17. The van der Waals surface area contributed by atoms with Crippen molar-refractivity contribution >= 4 is 10.8 Å². The van der Waals surface area contributed by atoms with Crippen LogP contribution in [0.2, 0.25) is 0 Å². The van der Waals surface area contributed by atoms with Crippen molar-refractivity contribution < 1.29 is 10.4 Å². The predicted octanol–water partition coefficient (Wildman–Crippen LogP) is 1.84. The molecular weight excluding hydrogens is 210 g/mol. The number of aliphatic hydroxyl groups excluding tert-OH is 1. The van der Waals surface area contributed by atoms with Crippen molar-refractivity contribution in [3.05, 3.63) is 48.0 Å². The van der Waals surface area contributed by atoms with E-state index >= 15 is 0 Å². The quantitative estimate of drug-likeness (QED) is 0.826. The summed E-state index contributed by atoms with van der Waals surface area (Å²) in [6.45, 7) is 4.98. The van der Waals surface area contributed by atoms with Crippen LogP contribution in [0.1, 0.15) is 25.5 Å². The lowest BCUT2D eigenvalue weighted by Gasteiger charge is -2.12. The van der Waals surface area contributed by atoms with Crippen molar-refractivity contribution in [1.29, 1.82) is 0 Å². The molecule has 0 radical (unpaired) electrons. The van der Waals surface area contributed by atoms with Crippen LogP contribution in [0.5, 0.6) is 0 Å². The number of fused-ring (bicyclic) bond motifs is 1. The second kappa shape index (κ2) is 5.30. The Balaban J connectivity index is 2.18. The Morgan fingerprint density at radius 1 is 1.06 bits per heavy atom. The Morgan fingerprint density at radius 2 is 1.76 bits per heavy atom. The molecular formula is C15H20NO+. The van der Waals surface area contributed by atoms with Crippen LogP contribution in [-0.4, -0.2) is 17.7 Å². The zero-order valence-corrected chi connectivity index (χ0v) is 10.4. The summed E-state index contributed by atoms with van der Waals surface area (Å²) in [7, 11) is 0. The van der Waals surface area contributed by atoms with Gasteiger partial charge in [0, 0.05) is 0 Å². The normalized spacial score (nSPS) is 13.2. The van der Waals surface area contributed by atoms with E-state index in [1.54, 1.807) is 0 Å². The summed E-state index contributed by atoms with van der Waals surface area (Å²) in [4.78, 5) is 0. The Hall–Kier alpha value is -1.38. The molecule has 0 unspecified atom stereocenters. The molecule has 0 aromatic heterocycles. The molecule has 0 aliphatic carbocycles. The Bertz CT molecular complexity index is 493. The smallest absolute Gasteiger partial charge is 0.128 e. The monoisotopic (exact) mass is 230 g/mol. The van der Waals surface area contributed by atoms with Gasteiger partial charge in [-0.05, 0) is 36.2 Å². The second-order valence-electron chi connectivity index (χ2n) is 4.84. The Morgan fingerprint density at radius 3 is 2.47 bits per heavy atom. The van der Waals surface area contributed by atoms with E-state index in [2.05, 4.69) is 43.4 Å². The van der Waals surface area contributed by atoms with Crippen molar-refractivity contribution in [1.82, 2.24) is 0 Å². The summed E-state index contributed by atoms with van der Waals surface area (Å²) in [6, 6.07) is 14.9. The minimum Gasteiger partial charge on any atom is -0.382 e. The first kappa shape index (κ1) is 12.1. The maximum atomic E-state index is 10.1. The number of hydrogen-bond donors (Lipinski definition) is 2. The van der Waals surface area contributed by atoms with E-state index < -0.39 is 0 Å². The molecule has 90 valence electrons. The van der Waals surface area contributed by atoms with Gasteiger partial charge in [0.15, 0.2) is 0 Å². The van der Waals surface area contributed by atoms with Crippen LogP contribution in [0.15, 0.2) is 42.5 Å². The molecule has 3 N–H and O–H groups in total. The molecule has 2 nitrogen and oxygen atoms in total. The van der Waals surface area contributed by atoms with Gasteiger partial charge in [0.25, 0.3) is 0 Å². The molecule has 0 aliphatic rings. The molecule has 1 atom stereocenters. The van der Waals surface area contributed by atoms with Crippen molar-refractivity contribution in [2.45, 2.75) is 26.0 Å². The fourth-order valence-corrected chi connectivity index (χ4v) is 1.95. The van der Waals surface area contributed by atoms with Crippen molar-refractivity contribution in [2.75, 3.05) is 6.54 Å². The molecule has 0 saturated heterocycles. The van der Waals surface area contributed by atoms with Crippen LogP contribution in [0.4, 0.5) is 0 Å². The van der Waals surface area contributed by atoms with Crippen molar-refractivity contribution in [3.8, 4) is 0 Å². The first-order valence-electron chi connectivity index (χ1n) is 6.17. The molecule has 2 aromatic carbocycles. The first-order chi connectivity index (χ1) is 8.16. The average Bonchev–Trinajstić information content (AvgIpc) is 2.35. The van der Waals surface area contributed by atoms with Crippen LogP contribution < -0.4 is 5.32 Å². The van der Waals surface area contributed by atoms with Crippen LogP contribution in [0, 0.1) is 0 Å². The van der Waals surface area contributed by atoms with E-state index in [-0.39, 0.29) is 6.10 Å². The predicted molar refractivity (Wildman–Crippen MR) is 70.8 cm³/mol. The highest BCUT2D eigenvalue weighted by molar-refractivity contribution is 5.83. The molecule has 2 rings (SSSR count). The van der Waals surface area contributed by atoms with Crippen LogP contribution in [0.25, 0.3) is 10.8 Å². The molecule has 2 aromatic rings. The summed E-state index contributed by atoms with van der Waals surface area (Å²) in [6.07, 6.45) is -0.387. The second-order valence-corrected chi connectivity index (χ2v) is 4.84. The summed E-state index contributed by atoms with van der Waals surface area (Å²) in [5, 5.41) is 14.7. The number of rotatable bonds is 4. The Kier molecular flexibility index (Phi) is 3.77. The van der Waals surface area contributed by atoms with Gasteiger partial charge in [-0.25, -0.2) is 0 Å². The van der Waals surface area contributed by atoms with Crippen molar-refractivity contribution in [3.63, 3.8) is 0 Å². The third kappa shape index (κ3) is 3.05. The number of hydrogen-bond acceptors (Lipinski definition) is 1. The third-order valence-electron chi connectivity index (χ3n) is 2.99. The number of aliphatic hydroxyl groups is 1. The van der Waals surface area contributed by atoms with E-state index in [0.717, 1.165) is 12.1 Å². The Labute approximate surface area is 102 Å². The van der Waals surface area contributed by atoms with Gasteiger partial charge in [-0.1, -0.05) is 36.4 Å². The van der Waals surface area contributed by atoms with Gasteiger partial charge in [-0.15, -0.1) is 0 Å². The van der Waals surface area contributed by atoms with E-state index in [0.29, 0.717) is 6.04 Å². The highest BCUT2D eigenvalue weighted by Crippen LogP contribution is 2.19.